The van der Waals surface area contributed by atoms with E-state index in [9.17, 15) is 19.8 Å². The van der Waals surface area contributed by atoms with Gasteiger partial charge in [0.2, 0.25) is 0 Å². The summed E-state index contributed by atoms with van der Waals surface area (Å²) in [6.45, 7) is 9.57. The van der Waals surface area contributed by atoms with E-state index >= 15 is 0 Å². The molecular formula is C15H24O6. The summed E-state index contributed by atoms with van der Waals surface area (Å²) in [7, 11) is 0. The fourth-order valence-electron chi connectivity index (χ4n) is 1.96. The SMILES string of the molecule is C=CC(=O)OC(O)(OC(=O)C=C)C(CC)(CO)CCCC. The van der Waals surface area contributed by atoms with E-state index in [1.54, 1.807) is 6.92 Å². The van der Waals surface area contributed by atoms with Crippen LogP contribution >= 0.6 is 0 Å². The summed E-state index contributed by atoms with van der Waals surface area (Å²) in [5, 5.41) is 20.3. The molecule has 0 aromatic carbocycles. The molecule has 0 aliphatic rings. The van der Waals surface area contributed by atoms with Crippen molar-refractivity contribution in [1.82, 2.24) is 0 Å². The third kappa shape index (κ3) is 4.68. The highest BCUT2D eigenvalue weighted by Crippen LogP contribution is 2.42. The summed E-state index contributed by atoms with van der Waals surface area (Å²) < 4.78 is 9.70. The van der Waals surface area contributed by atoms with E-state index in [0.29, 0.717) is 12.8 Å². The molecule has 0 saturated carbocycles. The van der Waals surface area contributed by atoms with E-state index in [1.807, 2.05) is 6.92 Å². The number of hydrogen-bond donors (Lipinski definition) is 2. The summed E-state index contributed by atoms with van der Waals surface area (Å²) in [4.78, 5) is 22.9. The van der Waals surface area contributed by atoms with Crippen LogP contribution in [0.5, 0.6) is 0 Å². The summed E-state index contributed by atoms with van der Waals surface area (Å²) in [5.74, 6) is -4.50. The Hall–Kier alpha value is -1.66. The van der Waals surface area contributed by atoms with Crippen molar-refractivity contribution < 1.29 is 29.3 Å². The van der Waals surface area contributed by atoms with Gasteiger partial charge in [-0.25, -0.2) is 9.59 Å². The zero-order valence-electron chi connectivity index (χ0n) is 12.6. The lowest BCUT2D eigenvalue weighted by atomic mass is 9.78. The maximum absolute atomic E-state index is 11.5. The van der Waals surface area contributed by atoms with Gasteiger partial charge >= 0.3 is 17.9 Å². The van der Waals surface area contributed by atoms with E-state index < -0.39 is 29.9 Å². The first-order valence-corrected chi connectivity index (χ1v) is 6.88. The second kappa shape index (κ2) is 8.59. The fourth-order valence-corrected chi connectivity index (χ4v) is 1.96. The number of aliphatic hydroxyl groups is 2. The third-order valence-electron chi connectivity index (χ3n) is 3.47. The Morgan fingerprint density at radius 3 is 1.90 bits per heavy atom. The van der Waals surface area contributed by atoms with E-state index in [1.165, 1.54) is 0 Å². The molecule has 0 aromatic heterocycles. The van der Waals surface area contributed by atoms with Crippen LogP contribution in [0, 0.1) is 5.41 Å². The van der Waals surface area contributed by atoms with Crippen molar-refractivity contribution in [3.05, 3.63) is 25.3 Å². The number of hydrogen-bond acceptors (Lipinski definition) is 6. The Labute approximate surface area is 125 Å². The molecule has 0 heterocycles. The fraction of sp³-hybridized carbons (Fsp3) is 0.600. The first-order chi connectivity index (χ1) is 9.84. The standard InChI is InChI=1S/C15H24O6/c1-5-9-10-14(8-4,11-16)15(19,20-12(17)6-2)21-13(18)7-3/h6-7,16,19H,2-3,5,8-11H2,1,4H3. The molecule has 0 saturated heterocycles. The highest BCUT2D eigenvalue weighted by atomic mass is 16.8. The van der Waals surface area contributed by atoms with Gasteiger partial charge in [-0.3, -0.25) is 0 Å². The zero-order valence-corrected chi connectivity index (χ0v) is 12.6. The molecule has 0 spiro atoms. The quantitative estimate of drug-likeness (QED) is 0.362. The maximum atomic E-state index is 11.5. The molecule has 6 nitrogen and oxygen atoms in total. The third-order valence-corrected chi connectivity index (χ3v) is 3.47. The normalized spacial score (nSPS) is 13.9. The average molecular weight is 300 g/mol. The molecule has 1 unspecified atom stereocenters. The minimum Gasteiger partial charge on any atom is -0.395 e. The smallest absolute Gasteiger partial charge is 0.381 e. The molecule has 21 heavy (non-hydrogen) atoms. The Balaban J connectivity index is 5.65. The molecule has 0 aliphatic heterocycles. The Morgan fingerprint density at radius 1 is 1.14 bits per heavy atom. The number of unbranched alkanes of at least 4 members (excludes halogenated alkanes) is 1. The van der Waals surface area contributed by atoms with Crippen LogP contribution in [0.4, 0.5) is 0 Å². The number of aliphatic hydroxyl groups excluding tert-OH is 1. The van der Waals surface area contributed by atoms with Crippen LogP contribution in [-0.2, 0) is 19.1 Å². The minimum atomic E-state index is -2.58. The summed E-state index contributed by atoms with van der Waals surface area (Å²) >= 11 is 0. The average Bonchev–Trinajstić information content (AvgIpc) is 2.48. The molecule has 1 atom stereocenters. The highest BCUT2D eigenvalue weighted by Gasteiger charge is 2.55. The van der Waals surface area contributed by atoms with Crippen LogP contribution in [0.25, 0.3) is 0 Å². The van der Waals surface area contributed by atoms with Gasteiger partial charge in [0.05, 0.1) is 12.0 Å². The molecule has 0 rings (SSSR count). The van der Waals surface area contributed by atoms with Crippen LogP contribution in [0.3, 0.4) is 0 Å². The Bertz CT molecular complexity index is 362. The van der Waals surface area contributed by atoms with Gasteiger partial charge in [-0.1, -0.05) is 39.8 Å². The van der Waals surface area contributed by atoms with Gasteiger partial charge < -0.3 is 19.7 Å². The molecule has 0 bridgehead atoms. The molecule has 0 amide bonds. The molecule has 0 aliphatic carbocycles. The number of ether oxygens (including phenoxy) is 2. The van der Waals surface area contributed by atoms with E-state index in [4.69, 9.17) is 9.47 Å². The van der Waals surface area contributed by atoms with Gasteiger partial charge in [-0.15, -0.1) is 0 Å². The largest absolute Gasteiger partial charge is 0.395 e. The lowest BCUT2D eigenvalue weighted by Gasteiger charge is -2.42. The zero-order chi connectivity index (χ0) is 16.5. The molecular weight excluding hydrogens is 276 g/mol. The van der Waals surface area contributed by atoms with Crippen molar-refractivity contribution in [3.8, 4) is 0 Å². The first-order valence-electron chi connectivity index (χ1n) is 6.88. The highest BCUT2D eigenvalue weighted by molar-refractivity contribution is 5.83. The summed E-state index contributed by atoms with van der Waals surface area (Å²) in [5.41, 5.74) is -1.32. The predicted molar refractivity (Wildman–Crippen MR) is 76.9 cm³/mol. The topological polar surface area (TPSA) is 93.1 Å². The van der Waals surface area contributed by atoms with Crippen molar-refractivity contribution in [2.45, 2.75) is 45.5 Å². The second-order valence-corrected chi connectivity index (χ2v) is 4.73. The van der Waals surface area contributed by atoms with Gasteiger partial charge in [0.1, 0.15) is 0 Å². The molecule has 0 fully saturated rings. The number of rotatable bonds is 10. The lowest BCUT2D eigenvalue weighted by molar-refractivity contribution is -0.382. The van der Waals surface area contributed by atoms with Crippen molar-refractivity contribution in [2.24, 2.45) is 5.41 Å². The van der Waals surface area contributed by atoms with E-state index in [-0.39, 0.29) is 6.42 Å². The van der Waals surface area contributed by atoms with Crippen LogP contribution in [-0.4, -0.2) is 34.7 Å². The number of carbonyl (C=O) groups is 2. The second-order valence-electron chi connectivity index (χ2n) is 4.73. The molecule has 120 valence electrons. The van der Waals surface area contributed by atoms with Crippen molar-refractivity contribution >= 4 is 11.9 Å². The van der Waals surface area contributed by atoms with Crippen molar-refractivity contribution in [1.29, 1.82) is 0 Å². The summed E-state index contributed by atoms with van der Waals surface area (Å²) in [6, 6.07) is 0. The van der Waals surface area contributed by atoms with Crippen molar-refractivity contribution in [2.75, 3.05) is 6.61 Å². The van der Waals surface area contributed by atoms with Crippen LogP contribution in [0.2, 0.25) is 0 Å². The number of esters is 2. The van der Waals surface area contributed by atoms with Crippen LogP contribution in [0.15, 0.2) is 25.3 Å². The Morgan fingerprint density at radius 2 is 1.62 bits per heavy atom. The first kappa shape index (κ1) is 19.3. The van der Waals surface area contributed by atoms with E-state index in [0.717, 1.165) is 18.6 Å². The predicted octanol–water partition coefficient (Wildman–Crippen LogP) is 1.67. The van der Waals surface area contributed by atoms with Gasteiger partial charge in [-0.05, 0) is 12.8 Å². The van der Waals surface area contributed by atoms with Gasteiger partial charge in [0, 0.05) is 12.2 Å². The maximum Gasteiger partial charge on any atom is 0.381 e. The molecule has 2 N–H and O–H groups in total. The molecule has 0 aromatic rings. The number of carbonyl (C=O) groups excluding carboxylic acids is 2. The van der Waals surface area contributed by atoms with Crippen LogP contribution in [0.1, 0.15) is 39.5 Å². The van der Waals surface area contributed by atoms with Crippen molar-refractivity contribution in [3.63, 3.8) is 0 Å². The van der Waals surface area contributed by atoms with Gasteiger partial charge in [0.15, 0.2) is 0 Å². The van der Waals surface area contributed by atoms with Gasteiger partial charge in [0.25, 0.3) is 0 Å². The molecule has 6 heteroatoms. The minimum absolute atomic E-state index is 0.231. The van der Waals surface area contributed by atoms with E-state index in [2.05, 4.69) is 13.2 Å². The lowest BCUT2D eigenvalue weighted by Crippen LogP contribution is -2.56. The molecule has 0 radical (unpaired) electrons. The van der Waals surface area contributed by atoms with Gasteiger partial charge in [-0.2, -0.15) is 0 Å². The van der Waals surface area contributed by atoms with Crippen LogP contribution < -0.4 is 0 Å². The summed E-state index contributed by atoms with van der Waals surface area (Å²) in [6.07, 6.45) is 3.65. The Kier molecular flexibility index (Phi) is 7.91. The monoisotopic (exact) mass is 300 g/mol.